The number of fused-ring (bicyclic) bond motifs is 1. The monoisotopic (exact) mass is 277 g/mol. The maximum Gasteiger partial charge on any atom is 0.253 e. The van der Waals surface area contributed by atoms with Crippen LogP contribution in [0.1, 0.15) is 35.3 Å². The van der Waals surface area contributed by atoms with E-state index in [0.29, 0.717) is 5.92 Å². The quantitative estimate of drug-likeness (QED) is 0.887. The van der Waals surface area contributed by atoms with Crippen LogP contribution >= 0.6 is 12.4 Å². The van der Waals surface area contributed by atoms with E-state index in [1.807, 2.05) is 18.2 Å². The van der Waals surface area contributed by atoms with Gasteiger partial charge in [-0.15, -0.1) is 12.4 Å². The number of aromatic amines is 1. The number of amides is 1. The van der Waals surface area contributed by atoms with Gasteiger partial charge in [0.25, 0.3) is 5.91 Å². The van der Waals surface area contributed by atoms with E-state index in [0.717, 1.165) is 35.5 Å². The van der Waals surface area contributed by atoms with Gasteiger partial charge in [0.05, 0.1) is 5.56 Å². The third-order valence-electron chi connectivity index (χ3n) is 3.49. The molecule has 0 saturated heterocycles. The molecule has 0 radical (unpaired) electrons. The van der Waals surface area contributed by atoms with E-state index in [9.17, 15) is 4.79 Å². The van der Waals surface area contributed by atoms with Crippen molar-refractivity contribution in [3.8, 4) is 11.3 Å². The van der Waals surface area contributed by atoms with Gasteiger partial charge in [-0.05, 0) is 24.6 Å². The average molecular weight is 278 g/mol. The minimum atomic E-state index is 0. The first-order valence-electron chi connectivity index (χ1n) is 6.21. The summed E-state index contributed by atoms with van der Waals surface area (Å²) in [5.41, 5.74) is 3.88. The lowest BCUT2D eigenvalue weighted by molar-refractivity contribution is 0.0939. The molecule has 0 unspecified atom stereocenters. The van der Waals surface area contributed by atoms with Crippen LogP contribution in [0.2, 0.25) is 0 Å². The first kappa shape index (κ1) is 13.6. The number of H-pyrrole nitrogens is 1. The molecule has 0 bridgehead atoms. The van der Waals surface area contributed by atoms with Crippen molar-refractivity contribution in [2.45, 2.75) is 19.3 Å². The van der Waals surface area contributed by atoms with Crippen molar-refractivity contribution in [2.75, 3.05) is 6.54 Å². The molecule has 0 spiro atoms. The Balaban J connectivity index is 0.00000133. The topological polar surface area (TPSA) is 57.8 Å². The van der Waals surface area contributed by atoms with E-state index in [1.54, 1.807) is 12.4 Å². The number of carbonyl (C=O) groups excluding carboxylic acids is 1. The molecular formula is C14H16ClN3O. The van der Waals surface area contributed by atoms with Crippen LogP contribution < -0.4 is 5.32 Å². The van der Waals surface area contributed by atoms with Gasteiger partial charge in [0.15, 0.2) is 0 Å². The summed E-state index contributed by atoms with van der Waals surface area (Å²) in [5, 5.41) is 2.93. The Morgan fingerprint density at radius 3 is 2.79 bits per heavy atom. The van der Waals surface area contributed by atoms with E-state index >= 15 is 0 Å². The van der Waals surface area contributed by atoms with Crippen LogP contribution in [0.3, 0.4) is 0 Å². The maximum atomic E-state index is 11.8. The second kappa shape index (κ2) is 5.45. The number of hydrogen-bond donors (Lipinski definition) is 2. The molecule has 3 rings (SSSR count). The minimum absolute atomic E-state index is 0. The summed E-state index contributed by atoms with van der Waals surface area (Å²) in [6, 6.07) is 5.81. The number of aromatic nitrogens is 2. The first-order valence-corrected chi connectivity index (χ1v) is 6.21. The molecule has 100 valence electrons. The van der Waals surface area contributed by atoms with Crippen molar-refractivity contribution < 1.29 is 4.79 Å². The molecule has 2 aromatic heterocycles. The van der Waals surface area contributed by atoms with Crippen LogP contribution in [0.4, 0.5) is 0 Å². The molecule has 1 atom stereocenters. The normalized spacial score (nSPS) is 17.3. The van der Waals surface area contributed by atoms with Crippen molar-refractivity contribution in [3.05, 3.63) is 41.9 Å². The van der Waals surface area contributed by atoms with Crippen molar-refractivity contribution >= 4 is 18.3 Å². The molecule has 1 aliphatic heterocycles. The minimum Gasteiger partial charge on any atom is -0.357 e. The predicted octanol–water partition coefficient (Wildman–Crippen LogP) is 2.74. The molecule has 1 amide bonds. The average Bonchev–Trinajstić information content (AvgIpc) is 2.86. The zero-order chi connectivity index (χ0) is 12.5. The molecule has 2 aromatic rings. The number of carbonyl (C=O) groups is 1. The van der Waals surface area contributed by atoms with Gasteiger partial charge in [0.2, 0.25) is 0 Å². The van der Waals surface area contributed by atoms with Gasteiger partial charge in [-0.25, -0.2) is 0 Å². The third-order valence-corrected chi connectivity index (χ3v) is 3.49. The van der Waals surface area contributed by atoms with E-state index in [2.05, 4.69) is 22.2 Å². The van der Waals surface area contributed by atoms with Crippen molar-refractivity contribution in [1.29, 1.82) is 0 Å². The lowest BCUT2D eigenvalue weighted by atomic mass is 9.95. The molecule has 0 aromatic carbocycles. The SMILES string of the molecule is CC[C@@H]1CNC(=O)c2cc(-c3ccncc3)[nH]c21.Cl. The van der Waals surface area contributed by atoms with E-state index < -0.39 is 0 Å². The summed E-state index contributed by atoms with van der Waals surface area (Å²) in [5.74, 6) is 0.402. The van der Waals surface area contributed by atoms with Crippen LogP contribution in [0.15, 0.2) is 30.6 Å². The lowest BCUT2D eigenvalue weighted by Crippen LogP contribution is -2.34. The van der Waals surface area contributed by atoms with Gasteiger partial charge in [0.1, 0.15) is 0 Å². The largest absolute Gasteiger partial charge is 0.357 e. The number of nitrogens with one attached hydrogen (secondary N) is 2. The summed E-state index contributed by atoms with van der Waals surface area (Å²) in [6.07, 6.45) is 4.53. The lowest BCUT2D eigenvalue weighted by Gasteiger charge is -2.21. The van der Waals surface area contributed by atoms with Gasteiger partial charge in [-0.1, -0.05) is 6.92 Å². The van der Waals surface area contributed by atoms with Gasteiger partial charge < -0.3 is 10.3 Å². The fraction of sp³-hybridized carbons (Fsp3) is 0.286. The Morgan fingerprint density at radius 2 is 2.11 bits per heavy atom. The second-order valence-corrected chi connectivity index (χ2v) is 4.56. The van der Waals surface area contributed by atoms with E-state index in [4.69, 9.17) is 0 Å². The molecule has 0 saturated carbocycles. The Labute approximate surface area is 118 Å². The molecule has 3 heterocycles. The van der Waals surface area contributed by atoms with E-state index in [1.165, 1.54) is 0 Å². The number of pyridine rings is 1. The van der Waals surface area contributed by atoms with E-state index in [-0.39, 0.29) is 18.3 Å². The van der Waals surface area contributed by atoms with Crippen LogP contribution in [-0.4, -0.2) is 22.4 Å². The summed E-state index contributed by atoms with van der Waals surface area (Å²) in [6.45, 7) is 2.86. The molecule has 1 aliphatic rings. The summed E-state index contributed by atoms with van der Waals surface area (Å²) >= 11 is 0. The number of rotatable bonds is 2. The fourth-order valence-corrected chi connectivity index (χ4v) is 2.43. The van der Waals surface area contributed by atoms with Gasteiger partial charge in [-0.3, -0.25) is 9.78 Å². The number of halogens is 1. The zero-order valence-electron chi connectivity index (χ0n) is 10.6. The summed E-state index contributed by atoms with van der Waals surface area (Å²) in [4.78, 5) is 19.2. The highest BCUT2D eigenvalue weighted by Crippen LogP contribution is 2.30. The molecular weight excluding hydrogens is 262 g/mol. The first-order chi connectivity index (χ1) is 8.79. The molecule has 0 fully saturated rings. The highest BCUT2D eigenvalue weighted by molar-refractivity contribution is 5.98. The second-order valence-electron chi connectivity index (χ2n) is 4.56. The van der Waals surface area contributed by atoms with Crippen molar-refractivity contribution in [2.24, 2.45) is 0 Å². The van der Waals surface area contributed by atoms with Crippen LogP contribution in [0, 0.1) is 0 Å². The Hall–Kier alpha value is -1.81. The summed E-state index contributed by atoms with van der Waals surface area (Å²) < 4.78 is 0. The standard InChI is InChI=1S/C14H15N3O.ClH/c1-2-9-8-16-14(18)11-7-12(17-13(9)11)10-3-5-15-6-4-10;/h3-7,9,17H,2,8H2,1H3,(H,16,18);1H/t9-;/m1./s1. The van der Waals surface area contributed by atoms with Gasteiger partial charge in [-0.2, -0.15) is 0 Å². The molecule has 0 aliphatic carbocycles. The number of hydrogen-bond acceptors (Lipinski definition) is 2. The number of nitrogens with zero attached hydrogens (tertiary/aromatic N) is 1. The van der Waals surface area contributed by atoms with Crippen LogP contribution in [-0.2, 0) is 0 Å². The molecule has 5 heteroatoms. The third kappa shape index (κ3) is 2.36. The summed E-state index contributed by atoms with van der Waals surface area (Å²) in [7, 11) is 0. The highest BCUT2D eigenvalue weighted by Gasteiger charge is 2.26. The van der Waals surface area contributed by atoms with Gasteiger partial charge >= 0.3 is 0 Å². The fourth-order valence-electron chi connectivity index (χ4n) is 2.43. The molecule has 4 nitrogen and oxygen atoms in total. The smallest absolute Gasteiger partial charge is 0.253 e. The van der Waals surface area contributed by atoms with Crippen molar-refractivity contribution in [3.63, 3.8) is 0 Å². The Morgan fingerprint density at radius 1 is 1.37 bits per heavy atom. The Kier molecular flexibility index (Phi) is 3.90. The van der Waals surface area contributed by atoms with Crippen LogP contribution in [0.5, 0.6) is 0 Å². The van der Waals surface area contributed by atoms with Crippen LogP contribution in [0.25, 0.3) is 11.3 Å². The van der Waals surface area contributed by atoms with Gasteiger partial charge in [0, 0.05) is 41.8 Å². The predicted molar refractivity (Wildman–Crippen MR) is 76.6 cm³/mol. The molecule has 19 heavy (non-hydrogen) atoms. The zero-order valence-corrected chi connectivity index (χ0v) is 11.5. The molecule has 2 N–H and O–H groups in total. The highest BCUT2D eigenvalue weighted by atomic mass is 35.5. The maximum absolute atomic E-state index is 11.8. The Bertz CT molecular complexity index is 580. The van der Waals surface area contributed by atoms with Crippen molar-refractivity contribution in [1.82, 2.24) is 15.3 Å².